The molecule has 0 amide bonds. The fourth-order valence-corrected chi connectivity index (χ4v) is 1.92. The van der Waals surface area contributed by atoms with Crippen molar-refractivity contribution in [1.29, 1.82) is 0 Å². The molecule has 0 saturated heterocycles. The van der Waals surface area contributed by atoms with E-state index in [4.69, 9.17) is 10.3 Å². The first-order chi connectivity index (χ1) is 5.84. The lowest BCUT2D eigenvalue weighted by atomic mass is 10.3. The number of nitrogens with zero attached hydrogens (tertiary/aromatic N) is 2. The second-order valence-electron chi connectivity index (χ2n) is 2.60. The Morgan fingerprint density at radius 3 is 2.23 bits per heavy atom. The van der Waals surface area contributed by atoms with Gasteiger partial charge in [0.1, 0.15) is 10.7 Å². The van der Waals surface area contributed by atoms with E-state index >= 15 is 0 Å². The summed E-state index contributed by atoms with van der Waals surface area (Å²) in [7, 11) is -4.27. The molecule has 0 aliphatic carbocycles. The highest BCUT2D eigenvalue weighted by atomic mass is 32.2. The van der Waals surface area contributed by atoms with Crippen molar-refractivity contribution in [2.45, 2.75) is 18.7 Å². The Kier molecular flexibility index (Phi) is 2.22. The SMILES string of the molecule is Cc1nnc(N)c(C)c1S(=O)(=O)O. The topological polar surface area (TPSA) is 106 Å². The van der Waals surface area contributed by atoms with Crippen LogP contribution in [0.1, 0.15) is 11.3 Å². The first-order valence-electron chi connectivity index (χ1n) is 3.41. The van der Waals surface area contributed by atoms with Gasteiger partial charge in [0.05, 0.1) is 5.69 Å². The molecule has 0 spiro atoms. The molecule has 0 fully saturated rings. The molecule has 72 valence electrons. The summed E-state index contributed by atoms with van der Waals surface area (Å²) in [5.41, 5.74) is 5.69. The molecule has 1 aromatic heterocycles. The molecule has 0 aliphatic rings. The van der Waals surface area contributed by atoms with E-state index in [0.717, 1.165) is 0 Å². The molecule has 0 atom stereocenters. The molecule has 1 aromatic rings. The second-order valence-corrected chi connectivity index (χ2v) is 3.96. The Bertz CT molecular complexity index is 441. The molecule has 0 aromatic carbocycles. The van der Waals surface area contributed by atoms with Gasteiger partial charge in [0.2, 0.25) is 0 Å². The minimum atomic E-state index is -4.27. The lowest BCUT2D eigenvalue weighted by molar-refractivity contribution is 0.481. The summed E-state index contributed by atoms with van der Waals surface area (Å²) in [6.07, 6.45) is 0. The number of aromatic nitrogens is 2. The average molecular weight is 203 g/mol. The van der Waals surface area contributed by atoms with Crippen molar-refractivity contribution in [2.75, 3.05) is 5.73 Å². The van der Waals surface area contributed by atoms with E-state index in [9.17, 15) is 8.42 Å². The van der Waals surface area contributed by atoms with E-state index in [1.165, 1.54) is 13.8 Å². The van der Waals surface area contributed by atoms with Crippen molar-refractivity contribution in [3.8, 4) is 0 Å². The summed E-state index contributed by atoms with van der Waals surface area (Å²) in [5.74, 6) is -0.00164. The van der Waals surface area contributed by atoms with E-state index in [-0.39, 0.29) is 22.0 Å². The normalized spacial score (nSPS) is 11.6. The molecule has 1 heterocycles. The van der Waals surface area contributed by atoms with Gasteiger partial charge in [-0.15, -0.1) is 5.10 Å². The lowest BCUT2D eigenvalue weighted by Crippen LogP contribution is -2.09. The zero-order valence-electron chi connectivity index (χ0n) is 7.14. The Labute approximate surface area is 75.5 Å². The van der Waals surface area contributed by atoms with Crippen molar-refractivity contribution < 1.29 is 13.0 Å². The minimum absolute atomic E-state index is 0.00164. The predicted molar refractivity (Wildman–Crippen MR) is 45.7 cm³/mol. The first-order valence-corrected chi connectivity index (χ1v) is 4.85. The van der Waals surface area contributed by atoms with Crippen molar-refractivity contribution >= 4 is 15.9 Å². The Morgan fingerprint density at radius 2 is 1.85 bits per heavy atom. The van der Waals surface area contributed by atoms with Crippen LogP contribution in [0.5, 0.6) is 0 Å². The molecule has 1 rings (SSSR count). The molecular formula is C6H9N3O3S. The fourth-order valence-electron chi connectivity index (χ4n) is 1.02. The zero-order valence-corrected chi connectivity index (χ0v) is 7.96. The van der Waals surface area contributed by atoms with Gasteiger partial charge in [-0.1, -0.05) is 0 Å². The van der Waals surface area contributed by atoms with Crippen molar-refractivity contribution in [1.82, 2.24) is 10.2 Å². The highest BCUT2D eigenvalue weighted by Crippen LogP contribution is 2.20. The maximum atomic E-state index is 10.9. The summed E-state index contributed by atoms with van der Waals surface area (Å²) in [6, 6.07) is 0. The van der Waals surface area contributed by atoms with Crippen LogP contribution in [0, 0.1) is 13.8 Å². The van der Waals surface area contributed by atoms with Crippen molar-refractivity contribution in [3.63, 3.8) is 0 Å². The van der Waals surface area contributed by atoms with Crippen LogP contribution in [-0.4, -0.2) is 23.2 Å². The van der Waals surface area contributed by atoms with Crippen LogP contribution in [0.15, 0.2) is 4.90 Å². The highest BCUT2D eigenvalue weighted by molar-refractivity contribution is 7.86. The van der Waals surface area contributed by atoms with Gasteiger partial charge in [0.25, 0.3) is 10.1 Å². The van der Waals surface area contributed by atoms with E-state index in [2.05, 4.69) is 10.2 Å². The fraction of sp³-hybridized carbons (Fsp3) is 0.333. The summed E-state index contributed by atoms with van der Waals surface area (Å²) >= 11 is 0. The molecule has 7 heteroatoms. The van der Waals surface area contributed by atoms with Gasteiger partial charge in [-0.25, -0.2) is 0 Å². The number of nitrogen functional groups attached to an aromatic ring is 1. The maximum Gasteiger partial charge on any atom is 0.296 e. The molecule has 0 saturated carbocycles. The monoisotopic (exact) mass is 203 g/mol. The van der Waals surface area contributed by atoms with Crippen LogP contribution < -0.4 is 5.73 Å². The molecule has 0 aliphatic heterocycles. The molecule has 0 radical (unpaired) electrons. The van der Waals surface area contributed by atoms with Crippen LogP contribution in [0.2, 0.25) is 0 Å². The maximum absolute atomic E-state index is 10.9. The number of aryl methyl sites for hydroxylation is 1. The lowest BCUT2D eigenvalue weighted by Gasteiger charge is -2.05. The van der Waals surface area contributed by atoms with Crippen molar-refractivity contribution in [2.24, 2.45) is 0 Å². The molecule has 3 N–H and O–H groups in total. The number of anilines is 1. The van der Waals surface area contributed by atoms with Crippen molar-refractivity contribution in [3.05, 3.63) is 11.3 Å². The van der Waals surface area contributed by atoms with E-state index < -0.39 is 10.1 Å². The summed E-state index contributed by atoms with van der Waals surface area (Å²) in [6.45, 7) is 2.89. The smallest absolute Gasteiger partial charge is 0.296 e. The highest BCUT2D eigenvalue weighted by Gasteiger charge is 2.19. The quantitative estimate of drug-likeness (QED) is 0.618. The third-order valence-corrected chi connectivity index (χ3v) is 2.74. The third kappa shape index (κ3) is 1.76. The van der Waals surface area contributed by atoms with E-state index in [1.807, 2.05) is 0 Å². The van der Waals surface area contributed by atoms with Gasteiger partial charge in [-0.05, 0) is 13.8 Å². The molecule has 0 bridgehead atoms. The Balaban J connectivity index is 3.62. The average Bonchev–Trinajstić information content (AvgIpc) is 1.95. The number of hydrogen-bond acceptors (Lipinski definition) is 5. The summed E-state index contributed by atoms with van der Waals surface area (Å²) in [5, 5.41) is 7.00. The van der Waals surface area contributed by atoms with Crippen LogP contribution in [-0.2, 0) is 10.1 Å². The number of hydrogen-bond donors (Lipinski definition) is 2. The van der Waals surface area contributed by atoms with Crippen LogP contribution in [0.3, 0.4) is 0 Å². The summed E-state index contributed by atoms with van der Waals surface area (Å²) in [4.78, 5) is -0.264. The molecule has 0 unspecified atom stereocenters. The summed E-state index contributed by atoms with van der Waals surface area (Å²) < 4.78 is 30.5. The first kappa shape index (κ1) is 9.87. The van der Waals surface area contributed by atoms with Gasteiger partial charge >= 0.3 is 0 Å². The standard InChI is InChI=1S/C6H9N3O3S/c1-3-5(13(10,11)12)4(2)8-9-6(3)7/h1-2H3,(H2,7,9)(H,10,11,12). The third-order valence-electron chi connectivity index (χ3n) is 1.62. The second kappa shape index (κ2) is 2.93. The largest absolute Gasteiger partial charge is 0.382 e. The van der Waals surface area contributed by atoms with E-state index in [0.29, 0.717) is 0 Å². The van der Waals surface area contributed by atoms with Crippen LogP contribution in [0.4, 0.5) is 5.82 Å². The van der Waals surface area contributed by atoms with Gasteiger partial charge < -0.3 is 5.73 Å². The molecule has 6 nitrogen and oxygen atoms in total. The van der Waals surface area contributed by atoms with Gasteiger partial charge in [-0.2, -0.15) is 13.5 Å². The minimum Gasteiger partial charge on any atom is -0.382 e. The van der Waals surface area contributed by atoms with Crippen LogP contribution >= 0.6 is 0 Å². The Morgan fingerprint density at radius 1 is 1.31 bits per heavy atom. The predicted octanol–water partition coefficient (Wildman–Crippen LogP) is -0.0777. The van der Waals surface area contributed by atoms with E-state index in [1.54, 1.807) is 0 Å². The number of rotatable bonds is 1. The molecule has 13 heavy (non-hydrogen) atoms. The van der Waals surface area contributed by atoms with Gasteiger partial charge in [-0.3, -0.25) is 4.55 Å². The Hall–Kier alpha value is -1.21. The van der Waals surface area contributed by atoms with Gasteiger partial charge in [0, 0.05) is 5.56 Å². The van der Waals surface area contributed by atoms with Gasteiger partial charge in [0.15, 0.2) is 0 Å². The van der Waals surface area contributed by atoms with Crippen LogP contribution in [0.25, 0.3) is 0 Å². The molecular weight excluding hydrogens is 194 g/mol. The number of nitrogens with two attached hydrogens (primary N) is 1. The zero-order chi connectivity index (χ0) is 10.2.